The molecule has 2 atom stereocenters. The van der Waals surface area contributed by atoms with Gasteiger partial charge in [0.15, 0.2) is 0 Å². The van der Waals surface area contributed by atoms with Crippen molar-refractivity contribution in [2.45, 2.75) is 122 Å². The van der Waals surface area contributed by atoms with Gasteiger partial charge >= 0.3 is 0 Å². The van der Waals surface area contributed by atoms with Gasteiger partial charge in [-0.15, -0.1) is 0 Å². The Labute approximate surface area is 151 Å². The van der Waals surface area contributed by atoms with Crippen LogP contribution >= 0.6 is 0 Å². The molecular weight excluding hydrogens is 296 g/mol. The Morgan fingerprint density at radius 1 is 0.667 bits per heavy atom. The van der Waals surface area contributed by atoms with E-state index in [4.69, 9.17) is 9.84 Å². The van der Waals surface area contributed by atoms with Crippen molar-refractivity contribution in [2.75, 3.05) is 6.61 Å². The van der Waals surface area contributed by atoms with E-state index in [1.807, 2.05) is 0 Å². The molecule has 1 aliphatic rings. The number of aliphatic hydroxyl groups is 1. The van der Waals surface area contributed by atoms with Crippen LogP contribution in [0.4, 0.5) is 0 Å². The molecule has 2 nitrogen and oxygen atoms in total. The quantitative estimate of drug-likeness (QED) is 0.174. The average molecular weight is 339 g/mol. The third-order valence-corrected chi connectivity index (χ3v) is 5.12. The first kappa shape index (κ1) is 21.7. The van der Waals surface area contributed by atoms with E-state index < -0.39 is 0 Å². The van der Waals surface area contributed by atoms with E-state index in [1.165, 1.54) is 96.3 Å². The molecule has 0 aromatic rings. The number of unbranched alkanes of at least 4 members (excludes halogenated alkanes) is 13. The second-order valence-electron chi connectivity index (χ2n) is 7.48. The van der Waals surface area contributed by atoms with Crippen LogP contribution in [-0.2, 0) is 4.74 Å². The van der Waals surface area contributed by atoms with E-state index in [2.05, 4.69) is 19.1 Å². The number of hydrogen-bond acceptors (Lipinski definition) is 2. The van der Waals surface area contributed by atoms with Crippen LogP contribution in [0.1, 0.15) is 110 Å². The minimum Gasteiger partial charge on any atom is -0.394 e. The molecule has 0 saturated carbocycles. The summed E-state index contributed by atoms with van der Waals surface area (Å²) in [6.45, 7) is 2.49. The van der Waals surface area contributed by atoms with E-state index in [0.29, 0.717) is 6.10 Å². The van der Waals surface area contributed by atoms with Crippen LogP contribution in [0.25, 0.3) is 0 Å². The molecule has 0 spiro atoms. The predicted octanol–water partition coefficient (Wildman–Crippen LogP) is 6.56. The molecular formula is C22H42O2. The zero-order valence-electron chi connectivity index (χ0n) is 16.2. The minimum atomic E-state index is 0.166. The van der Waals surface area contributed by atoms with Gasteiger partial charge in [-0.3, -0.25) is 0 Å². The zero-order valence-corrected chi connectivity index (χ0v) is 16.2. The molecule has 1 aliphatic heterocycles. The van der Waals surface area contributed by atoms with Gasteiger partial charge in [-0.2, -0.15) is 0 Å². The molecule has 24 heavy (non-hydrogen) atoms. The molecule has 0 aromatic carbocycles. The van der Waals surface area contributed by atoms with Gasteiger partial charge in [0.2, 0.25) is 0 Å². The summed E-state index contributed by atoms with van der Waals surface area (Å²) in [6.07, 6.45) is 27.0. The van der Waals surface area contributed by atoms with Crippen molar-refractivity contribution in [3.63, 3.8) is 0 Å². The minimum absolute atomic E-state index is 0.166. The molecule has 1 fully saturated rings. The largest absolute Gasteiger partial charge is 0.394 e. The van der Waals surface area contributed by atoms with Crippen LogP contribution in [-0.4, -0.2) is 23.9 Å². The van der Waals surface area contributed by atoms with E-state index in [9.17, 15) is 0 Å². The lowest BCUT2D eigenvalue weighted by Gasteiger charge is -2.01. The summed E-state index contributed by atoms with van der Waals surface area (Å²) < 4.78 is 5.34. The van der Waals surface area contributed by atoms with E-state index in [1.54, 1.807) is 0 Å². The van der Waals surface area contributed by atoms with Gasteiger partial charge in [0.05, 0.1) is 12.7 Å². The maximum absolute atomic E-state index is 8.89. The first-order valence-corrected chi connectivity index (χ1v) is 10.8. The Hall–Kier alpha value is -0.340. The second-order valence-corrected chi connectivity index (χ2v) is 7.48. The molecule has 2 heteroatoms. The van der Waals surface area contributed by atoms with Crippen LogP contribution in [0.2, 0.25) is 0 Å². The van der Waals surface area contributed by atoms with Crippen LogP contribution in [0, 0.1) is 0 Å². The summed E-state index contributed by atoms with van der Waals surface area (Å²) in [5, 5.41) is 8.89. The maximum atomic E-state index is 8.89. The molecule has 0 amide bonds. The third kappa shape index (κ3) is 13.0. The second kappa shape index (κ2) is 16.1. The third-order valence-electron chi connectivity index (χ3n) is 5.12. The molecule has 1 N–H and O–H groups in total. The van der Waals surface area contributed by atoms with Gasteiger partial charge in [0, 0.05) is 0 Å². The molecule has 0 aromatic heterocycles. The normalized spacial score (nSPS) is 20.1. The highest BCUT2D eigenvalue weighted by atomic mass is 16.6. The van der Waals surface area contributed by atoms with Crippen molar-refractivity contribution in [1.29, 1.82) is 0 Å². The van der Waals surface area contributed by atoms with Crippen molar-refractivity contribution in [3.8, 4) is 0 Å². The van der Waals surface area contributed by atoms with Crippen molar-refractivity contribution >= 4 is 0 Å². The molecule has 0 aliphatic carbocycles. The lowest BCUT2D eigenvalue weighted by molar-refractivity contribution is 0.241. The van der Waals surface area contributed by atoms with Gasteiger partial charge in [0.25, 0.3) is 0 Å². The van der Waals surface area contributed by atoms with Crippen molar-refractivity contribution in [1.82, 2.24) is 0 Å². The van der Waals surface area contributed by atoms with Gasteiger partial charge < -0.3 is 9.84 Å². The highest BCUT2D eigenvalue weighted by Crippen LogP contribution is 2.26. The standard InChI is InChI=1S/C22H42O2/c1-2-3-4-5-6-7-8-9-10-11-12-13-14-15-16-17-18-19-21-22(20-23)24-21/h9-10,21-23H,2-8,11-20H2,1H3/b10-9-/t21-,22-/m1/s1. The molecule has 1 saturated heterocycles. The molecule has 1 rings (SSSR count). The molecule has 0 bridgehead atoms. The van der Waals surface area contributed by atoms with E-state index in [0.717, 1.165) is 6.42 Å². The number of allylic oxidation sites excluding steroid dienone is 2. The van der Waals surface area contributed by atoms with Crippen LogP contribution in [0.3, 0.4) is 0 Å². The lowest BCUT2D eigenvalue weighted by Crippen LogP contribution is -1.98. The van der Waals surface area contributed by atoms with Gasteiger partial charge in [-0.1, -0.05) is 89.7 Å². The first-order chi connectivity index (χ1) is 11.9. The summed E-state index contributed by atoms with van der Waals surface area (Å²) in [7, 11) is 0. The van der Waals surface area contributed by atoms with Gasteiger partial charge in [0.1, 0.15) is 6.10 Å². The van der Waals surface area contributed by atoms with Crippen molar-refractivity contribution in [2.24, 2.45) is 0 Å². The summed E-state index contributed by atoms with van der Waals surface area (Å²) >= 11 is 0. The lowest BCUT2D eigenvalue weighted by atomic mass is 10.1. The Kier molecular flexibility index (Phi) is 14.6. The number of ether oxygens (including phenoxy) is 1. The molecule has 142 valence electrons. The van der Waals surface area contributed by atoms with Gasteiger partial charge in [-0.25, -0.2) is 0 Å². The highest BCUT2D eigenvalue weighted by Gasteiger charge is 2.36. The fourth-order valence-electron chi connectivity index (χ4n) is 3.36. The van der Waals surface area contributed by atoms with Gasteiger partial charge in [-0.05, 0) is 32.1 Å². The predicted molar refractivity (Wildman–Crippen MR) is 104 cm³/mol. The number of aliphatic hydroxyl groups excluding tert-OH is 1. The zero-order chi connectivity index (χ0) is 17.3. The van der Waals surface area contributed by atoms with Crippen LogP contribution in [0.5, 0.6) is 0 Å². The highest BCUT2D eigenvalue weighted by molar-refractivity contribution is 4.83. The fourth-order valence-corrected chi connectivity index (χ4v) is 3.36. The Morgan fingerprint density at radius 3 is 1.67 bits per heavy atom. The van der Waals surface area contributed by atoms with Crippen LogP contribution in [0.15, 0.2) is 12.2 Å². The van der Waals surface area contributed by atoms with E-state index >= 15 is 0 Å². The first-order valence-electron chi connectivity index (χ1n) is 10.8. The summed E-state index contributed by atoms with van der Waals surface area (Å²) in [6, 6.07) is 0. The van der Waals surface area contributed by atoms with Crippen LogP contribution < -0.4 is 0 Å². The number of rotatable bonds is 18. The number of hydrogen-bond donors (Lipinski definition) is 1. The Bertz CT molecular complexity index is 288. The van der Waals surface area contributed by atoms with Crippen molar-refractivity contribution in [3.05, 3.63) is 12.2 Å². The monoisotopic (exact) mass is 338 g/mol. The Balaban J connectivity index is 1.68. The number of epoxide rings is 1. The molecule has 0 unspecified atom stereocenters. The molecule has 1 heterocycles. The summed E-state index contributed by atoms with van der Waals surface area (Å²) in [5.74, 6) is 0. The summed E-state index contributed by atoms with van der Waals surface area (Å²) in [5.41, 5.74) is 0. The molecule has 0 radical (unpaired) electrons. The topological polar surface area (TPSA) is 32.8 Å². The van der Waals surface area contributed by atoms with Crippen molar-refractivity contribution < 1.29 is 9.84 Å². The Morgan fingerprint density at radius 2 is 1.17 bits per heavy atom. The van der Waals surface area contributed by atoms with E-state index in [-0.39, 0.29) is 12.7 Å². The average Bonchev–Trinajstić information content (AvgIpc) is 3.36. The smallest absolute Gasteiger partial charge is 0.107 e. The maximum Gasteiger partial charge on any atom is 0.107 e. The summed E-state index contributed by atoms with van der Waals surface area (Å²) in [4.78, 5) is 0. The SMILES string of the molecule is CCCCCCCC/C=C\CCCCCCCCC[C@H]1O[C@@H]1CO. The fraction of sp³-hybridized carbons (Fsp3) is 0.909.